The first-order valence-electron chi connectivity index (χ1n) is 4.74. The number of halogens is 2. The molecule has 8 heteroatoms. The minimum absolute atomic E-state index is 0.0222. The Kier molecular flexibility index (Phi) is 4.09. The van der Waals surface area contributed by atoms with Crippen molar-refractivity contribution in [3.05, 3.63) is 26.6 Å². The molecule has 2 rings (SSSR count). The van der Waals surface area contributed by atoms with Crippen molar-refractivity contribution in [2.75, 3.05) is 6.61 Å². The van der Waals surface area contributed by atoms with Gasteiger partial charge in [-0.05, 0) is 30.1 Å². The van der Waals surface area contributed by atoms with E-state index in [1.165, 1.54) is 4.88 Å². The maximum absolute atomic E-state index is 5.62. The summed E-state index contributed by atoms with van der Waals surface area (Å²) in [6.07, 6.45) is 0.747. The number of nitrogens with zero attached hydrogens (tertiary/aromatic N) is 4. The van der Waals surface area contributed by atoms with Gasteiger partial charge in [-0.3, -0.25) is 0 Å². The zero-order chi connectivity index (χ0) is 12.3. The van der Waals surface area contributed by atoms with Crippen LogP contribution in [-0.4, -0.2) is 26.5 Å². The first kappa shape index (κ1) is 12.5. The Balaban J connectivity index is 1.92. The van der Waals surface area contributed by atoms with E-state index in [0.717, 1.165) is 12.1 Å². The Labute approximate surface area is 112 Å². The molecule has 0 aliphatic rings. The van der Waals surface area contributed by atoms with Gasteiger partial charge in [0.1, 0.15) is 0 Å². The molecule has 2 aromatic heterocycles. The number of thiazole rings is 1. The maximum atomic E-state index is 5.62. The van der Waals surface area contributed by atoms with Crippen molar-refractivity contribution in [3.63, 3.8) is 0 Å². The zero-order valence-electron chi connectivity index (χ0n) is 8.85. The molecule has 0 aromatic carbocycles. The fourth-order valence-electron chi connectivity index (χ4n) is 1.17. The van der Waals surface area contributed by atoms with E-state index in [4.69, 9.17) is 27.9 Å². The molecular weight excluding hydrogens is 283 g/mol. The van der Waals surface area contributed by atoms with Gasteiger partial charge in [0.2, 0.25) is 10.6 Å². The van der Waals surface area contributed by atoms with Crippen molar-refractivity contribution in [3.8, 4) is 6.01 Å². The molecule has 0 aliphatic carbocycles. The molecule has 0 radical (unpaired) electrons. The molecule has 0 amide bonds. The molecule has 0 saturated carbocycles. The van der Waals surface area contributed by atoms with Crippen LogP contribution in [-0.2, 0) is 6.42 Å². The van der Waals surface area contributed by atoms with Crippen molar-refractivity contribution < 1.29 is 4.74 Å². The van der Waals surface area contributed by atoms with E-state index in [9.17, 15) is 0 Å². The van der Waals surface area contributed by atoms with Crippen LogP contribution < -0.4 is 4.74 Å². The number of hydrogen-bond donors (Lipinski definition) is 0. The molecule has 0 unspecified atom stereocenters. The van der Waals surface area contributed by atoms with Gasteiger partial charge in [0, 0.05) is 11.3 Å². The van der Waals surface area contributed by atoms with Crippen molar-refractivity contribution in [1.29, 1.82) is 0 Å². The molecule has 2 aromatic rings. The third-order valence-corrected chi connectivity index (χ3v) is 3.30. The van der Waals surface area contributed by atoms with Crippen LogP contribution >= 0.6 is 34.5 Å². The summed E-state index contributed by atoms with van der Waals surface area (Å²) in [7, 11) is 0. The highest BCUT2D eigenvalue weighted by Gasteiger charge is 2.06. The SMILES string of the molecule is Cc1ncsc1CCOc1nc(Cl)nc(Cl)n1. The Morgan fingerprint density at radius 2 is 1.94 bits per heavy atom. The van der Waals surface area contributed by atoms with E-state index in [1.807, 2.05) is 6.92 Å². The lowest BCUT2D eigenvalue weighted by Crippen LogP contribution is -2.05. The average molecular weight is 291 g/mol. The van der Waals surface area contributed by atoms with Crippen molar-refractivity contribution in [2.24, 2.45) is 0 Å². The summed E-state index contributed by atoms with van der Waals surface area (Å²) in [5.74, 6) is 0. The van der Waals surface area contributed by atoms with Crippen LogP contribution in [0.3, 0.4) is 0 Å². The Morgan fingerprint density at radius 1 is 1.24 bits per heavy atom. The van der Waals surface area contributed by atoms with Crippen molar-refractivity contribution in [2.45, 2.75) is 13.3 Å². The molecule has 0 saturated heterocycles. The lowest BCUT2D eigenvalue weighted by atomic mass is 10.3. The predicted octanol–water partition coefficient (Wildman–Crippen LogP) is 2.56. The molecule has 0 spiro atoms. The minimum Gasteiger partial charge on any atom is -0.463 e. The van der Waals surface area contributed by atoms with Gasteiger partial charge >= 0.3 is 6.01 Å². The fourth-order valence-corrected chi connectivity index (χ4v) is 2.29. The van der Waals surface area contributed by atoms with E-state index in [1.54, 1.807) is 16.8 Å². The molecule has 17 heavy (non-hydrogen) atoms. The van der Waals surface area contributed by atoms with Gasteiger partial charge in [-0.2, -0.15) is 15.0 Å². The largest absolute Gasteiger partial charge is 0.463 e. The van der Waals surface area contributed by atoms with Crippen LogP contribution in [0, 0.1) is 6.92 Å². The van der Waals surface area contributed by atoms with Crippen LogP contribution in [0.25, 0.3) is 0 Å². The molecule has 2 heterocycles. The quantitative estimate of drug-likeness (QED) is 0.866. The van der Waals surface area contributed by atoms with Crippen LogP contribution in [0.4, 0.5) is 0 Å². The number of rotatable bonds is 4. The lowest BCUT2D eigenvalue weighted by molar-refractivity contribution is 0.296. The van der Waals surface area contributed by atoms with Gasteiger partial charge in [-0.25, -0.2) is 4.98 Å². The van der Waals surface area contributed by atoms with Gasteiger partial charge < -0.3 is 4.74 Å². The normalized spacial score (nSPS) is 10.5. The minimum atomic E-state index is 0.0222. The summed E-state index contributed by atoms with van der Waals surface area (Å²) in [5.41, 5.74) is 2.83. The third kappa shape index (κ3) is 3.49. The molecule has 5 nitrogen and oxygen atoms in total. The van der Waals surface area contributed by atoms with Gasteiger partial charge in [0.05, 0.1) is 17.8 Å². The van der Waals surface area contributed by atoms with Gasteiger partial charge in [0.25, 0.3) is 0 Å². The molecule has 0 fully saturated rings. The Hall–Kier alpha value is -0.980. The number of aromatic nitrogens is 4. The second-order valence-electron chi connectivity index (χ2n) is 3.12. The topological polar surface area (TPSA) is 60.8 Å². The van der Waals surface area contributed by atoms with E-state index in [-0.39, 0.29) is 16.6 Å². The monoisotopic (exact) mass is 290 g/mol. The fraction of sp³-hybridized carbons (Fsp3) is 0.333. The summed E-state index contributed by atoms with van der Waals surface area (Å²) in [4.78, 5) is 16.6. The number of ether oxygens (including phenoxy) is 1. The number of hydrogen-bond acceptors (Lipinski definition) is 6. The van der Waals surface area contributed by atoms with Gasteiger partial charge in [-0.1, -0.05) is 0 Å². The van der Waals surface area contributed by atoms with Crippen molar-refractivity contribution >= 4 is 34.5 Å². The highest BCUT2D eigenvalue weighted by Crippen LogP contribution is 2.14. The molecule has 90 valence electrons. The molecule has 0 atom stereocenters. The van der Waals surface area contributed by atoms with Crippen LogP contribution in [0.15, 0.2) is 5.51 Å². The smallest absolute Gasteiger partial charge is 0.322 e. The summed E-state index contributed by atoms with van der Waals surface area (Å²) < 4.78 is 5.34. The summed E-state index contributed by atoms with van der Waals surface area (Å²) >= 11 is 12.8. The second-order valence-corrected chi connectivity index (χ2v) is 4.73. The molecule has 0 N–H and O–H groups in total. The first-order chi connectivity index (χ1) is 8.15. The van der Waals surface area contributed by atoms with E-state index >= 15 is 0 Å². The molecule has 0 aliphatic heterocycles. The predicted molar refractivity (Wildman–Crippen MR) is 65.9 cm³/mol. The van der Waals surface area contributed by atoms with Crippen molar-refractivity contribution in [1.82, 2.24) is 19.9 Å². The molecule has 0 bridgehead atoms. The van der Waals surface area contributed by atoms with Crippen LogP contribution in [0.5, 0.6) is 6.01 Å². The zero-order valence-corrected chi connectivity index (χ0v) is 11.2. The average Bonchev–Trinajstić information content (AvgIpc) is 2.63. The number of aryl methyl sites for hydroxylation is 1. The highest BCUT2D eigenvalue weighted by atomic mass is 35.5. The van der Waals surface area contributed by atoms with Gasteiger partial charge in [0.15, 0.2) is 0 Å². The second kappa shape index (κ2) is 5.57. The standard InChI is InChI=1S/C9H8Cl2N4OS/c1-5-6(17-4-12-5)2-3-16-9-14-7(10)13-8(11)15-9/h4H,2-3H2,1H3. The van der Waals surface area contributed by atoms with Gasteiger partial charge in [-0.15, -0.1) is 11.3 Å². The third-order valence-electron chi connectivity index (χ3n) is 1.97. The molecular formula is C9H8Cl2N4OS. The maximum Gasteiger partial charge on any atom is 0.322 e. The Morgan fingerprint density at radius 3 is 2.53 bits per heavy atom. The van der Waals surface area contributed by atoms with E-state index in [0.29, 0.717) is 6.61 Å². The highest BCUT2D eigenvalue weighted by molar-refractivity contribution is 7.09. The summed E-state index contributed by atoms with van der Waals surface area (Å²) in [6, 6.07) is 0.136. The van der Waals surface area contributed by atoms with E-state index < -0.39 is 0 Å². The van der Waals surface area contributed by atoms with Crippen LogP contribution in [0.2, 0.25) is 10.6 Å². The van der Waals surface area contributed by atoms with E-state index in [2.05, 4.69) is 19.9 Å². The Bertz CT molecular complexity index is 499. The summed E-state index contributed by atoms with van der Waals surface area (Å²) in [6.45, 7) is 2.40. The lowest BCUT2D eigenvalue weighted by Gasteiger charge is -2.03. The summed E-state index contributed by atoms with van der Waals surface area (Å²) in [5, 5.41) is 0.0444. The first-order valence-corrected chi connectivity index (χ1v) is 6.37. The van der Waals surface area contributed by atoms with Crippen LogP contribution in [0.1, 0.15) is 10.6 Å².